The van der Waals surface area contributed by atoms with Crippen molar-refractivity contribution in [3.05, 3.63) is 36.2 Å². The molecule has 1 fully saturated rings. The van der Waals surface area contributed by atoms with E-state index in [4.69, 9.17) is 0 Å². The van der Waals surface area contributed by atoms with Crippen molar-refractivity contribution >= 4 is 5.91 Å². The Morgan fingerprint density at radius 2 is 2.12 bits per heavy atom. The number of rotatable bonds is 6. The van der Waals surface area contributed by atoms with Gasteiger partial charge < -0.3 is 10.2 Å². The molecule has 1 saturated heterocycles. The molecule has 2 aromatic rings. The Labute approximate surface area is 148 Å². The number of nitrogens with one attached hydrogen (secondary N) is 1. The fraction of sp³-hybridized carbons (Fsp3) is 0.556. The highest BCUT2D eigenvalue weighted by Crippen LogP contribution is 2.17. The molecular weight excluding hydrogens is 316 g/mol. The lowest BCUT2D eigenvalue weighted by Crippen LogP contribution is -2.43. The summed E-state index contributed by atoms with van der Waals surface area (Å²) in [4.78, 5) is 14.7. The number of hydrogen-bond donors (Lipinski definition) is 1. The van der Waals surface area contributed by atoms with Gasteiger partial charge in [0, 0.05) is 19.1 Å². The van der Waals surface area contributed by atoms with Gasteiger partial charge in [-0.1, -0.05) is 12.1 Å². The normalized spacial score (nSPS) is 18.4. The van der Waals surface area contributed by atoms with Crippen LogP contribution in [0.25, 0.3) is 5.69 Å². The predicted molar refractivity (Wildman–Crippen MR) is 95.3 cm³/mol. The minimum Gasteiger partial charge on any atom is -0.355 e. The Hall–Kier alpha value is -2.28. The molecule has 1 N–H and O–H groups in total. The maximum atomic E-state index is 12.2. The van der Waals surface area contributed by atoms with Crippen LogP contribution in [0.2, 0.25) is 0 Å². The number of tetrazole rings is 1. The maximum absolute atomic E-state index is 12.2. The third-order valence-corrected chi connectivity index (χ3v) is 4.78. The van der Waals surface area contributed by atoms with Crippen molar-refractivity contribution in [2.45, 2.75) is 39.2 Å². The van der Waals surface area contributed by atoms with Crippen molar-refractivity contribution in [2.24, 2.45) is 5.92 Å². The molecule has 0 unspecified atom stereocenters. The quantitative estimate of drug-likeness (QED) is 0.860. The Kier molecular flexibility index (Phi) is 5.75. The van der Waals surface area contributed by atoms with Gasteiger partial charge in [0.2, 0.25) is 5.91 Å². The van der Waals surface area contributed by atoms with Crippen LogP contribution in [0, 0.1) is 5.92 Å². The summed E-state index contributed by atoms with van der Waals surface area (Å²) in [7, 11) is 0. The third kappa shape index (κ3) is 4.85. The van der Waals surface area contributed by atoms with E-state index in [-0.39, 0.29) is 5.91 Å². The zero-order chi connectivity index (χ0) is 17.6. The van der Waals surface area contributed by atoms with Gasteiger partial charge >= 0.3 is 0 Å². The van der Waals surface area contributed by atoms with Crippen LogP contribution in [0.3, 0.4) is 0 Å². The van der Waals surface area contributed by atoms with E-state index < -0.39 is 0 Å². The van der Waals surface area contributed by atoms with Gasteiger partial charge in [0.05, 0.1) is 12.1 Å². The summed E-state index contributed by atoms with van der Waals surface area (Å²) in [5.74, 6) is 0.638. The second-order valence-corrected chi connectivity index (χ2v) is 7.00. The van der Waals surface area contributed by atoms with Gasteiger partial charge in [-0.15, -0.1) is 5.10 Å². The smallest absolute Gasteiger partial charge is 0.224 e. The van der Waals surface area contributed by atoms with E-state index in [0.29, 0.717) is 18.4 Å². The zero-order valence-corrected chi connectivity index (χ0v) is 14.9. The number of piperidine rings is 1. The highest BCUT2D eigenvalue weighted by atomic mass is 16.1. The van der Waals surface area contributed by atoms with Crippen LogP contribution >= 0.6 is 0 Å². The molecule has 0 aliphatic carbocycles. The number of carbonyl (C=O) groups excluding carboxylic acids is 1. The lowest BCUT2D eigenvalue weighted by Gasteiger charge is -2.35. The molecule has 0 saturated carbocycles. The van der Waals surface area contributed by atoms with Crippen molar-refractivity contribution < 1.29 is 4.79 Å². The minimum atomic E-state index is 0.0804. The predicted octanol–water partition coefficient (Wildman–Crippen LogP) is 1.44. The minimum absolute atomic E-state index is 0.0804. The van der Waals surface area contributed by atoms with Gasteiger partial charge in [0.15, 0.2) is 0 Å². The Balaban J connectivity index is 1.46. The molecule has 7 nitrogen and oxygen atoms in total. The summed E-state index contributed by atoms with van der Waals surface area (Å²) >= 11 is 0. The van der Waals surface area contributed by atoms with Crippen molar-refractivity contribution in [1.82, 2.24) is 30.4 Å². The molecule has 1 aliphatic rings. The monoisotopic (exact) mass is 342 g/mol. The molecule has 1 amide bonds. The van der Waals surface area contributed by atoms with Gasteiger partial charge in [-0.3, -0.25) is 4.79 Å². The van der Waals surface area contributed by atoms with Gasteiger partial charge in [-0.05, 0) is 67.3 Å². The van der Waals surface area contributed by atoms with Gasteiger partial charge in [0.1, 0.15) is 6.33 Å². The molecule has 0 radical (unpaired) electrons. The molecule has 1 atom stereocenters. The highest BCUT2D eigenvalue weighted by molar-refractivity contribution is 5.78. The molecule has 0 bridgehead atoms. The van der Waals surface area contributed by atoms with Gasteiger partial charge in [-0.2, -0.15) is 0 Å². The van der Waals surface area contributed by atoms with Crippen LogP contribution in [0.5, 0.6) is 0 Å². The first-order chi connectivity index (χ1) is 12.1. The van der Waals surface area contributed by atoms with Crippen LogP contribution in [-0.4, -0.2) is 56.7 Å². The average molecular weight is 342 g/mol. The molecule has 134 valence electrons. The first-order valence-corrected chi connectivity index (χ1v) is 8.95. The fourth-order valence-corrected chi connectivity index (χ4v) is 3.29. The van der Waals surface area contributed by atoms with E-state index in [2.05, 4.69) is 39.6 Å². The molecule has 1 aliphatic heterocycles. The van der Waals surface area contributed by atoms with Crippen molar-refractivity contribution in [1.29, 1.82) is 0 Å². The van der Waals surface area contributed by atoms with E-state index in [9.17, 15) is 4.79 Å². The zero-order valence-electron chi connectivity index (χ0n) is 14.9. The third-order valence-electron chi connectivity index (χ3n) is 4.78. The second-order valence-electron chi connectivity index (χ2n) is 7.00. The lowest BCUT2D eigenvalue weighted by atomic mass is 9.97. The molecular formula is C18H26N6O. The SMILES string of the molecule is CC(C)N1CCC[C@@H](CNC(=O)Cc2ccc(-n3cnnn3)cc2)C1. The van der Waals surface area contributed by atoms with E-state index in [1.165, 1.54) is 19.4 Å². The Morgan fingerprint density at radius 3 is 2.80 bits per heavy atom. The first kappa shape index (κ1) is 17.5. The van der Waals surface area contributed by atoms with Crippen molar-refractivity contribution in [3.8, 4) is 5.69 Å². The fourth-order valence-electron chi connectivity index (χ4n) is 3.29. The summed E-state index contributed by atoms with van der Waals surface area (Å²) in [5, 5.41) is 14.2. The second kappa shape index (κ2) is 8.20. The number of nitrogens with zero attached hydrogens (tertiary/aromatic N) is 5. The number of aromatic nitrogens is 4. The van der Waals surface area contributed by atoms with Crippen LogP contribution < -0.4 is 5.32 Å². The largest absolute Gasteiger partial charge is 0.355 e. The van der Waals surface area contributed by atoms with E-state index in [0.717, 1.165) is 24.3 Å². The van der Waals surface area contributed by atoms with Crippen LogP contribution in [-0.2, 0) is 11.2 Å². The Morgan fingerprint density at radius 1 is 1.32 bits per heavy atom. The summed E-state index contributed by atoms with van der Waals surface area (Å²) in [6.07, 6.45) is 4.37. The van der Waals surface area contributed by atoms with Gasteiger partial charge in [0.25, 0.3) is 0 Å². The van der Waals surface area contributed by atoms with Crippen LogP contribution in [0.15, 0.2) is 30.6 Å². The summed E-state index contributed by atoms with van der Waals surface area (Å²) in [6.45, 7) is 7.50. The van der Waals surface area contributed by atoms with Crippen molar-refractivity contribution in [2.75, 3.05) is 19.6 Å². The molecule has 7 heteroatoms. The molecule has 0 spiro atoms. The van der Waals surface area contributed by atoms with Crippen LogP contribution in [0.1, 0.15) is 32.3 Å². The maximum Gasteiger partial charge on any atom is 0.224 e. The molecule has 1 aromatic carbocycles. The topological polar surface area (TPSA) is 75.9 Å². The number of hydrogen-bond acceptors (Lipinski definition) is 5. The average Bonchev–Trinajstić information content (AvgIpc) is 3.15. The molecule has 3 rings (SSSR count). The molecule has 25 heavy (non-hydrogen) atoms. The number of likely N-dealkylation sites (tertiary alicyclic amines) is 1. The number of amides is 1. The van der Waals surface area contributed by atoms with Crippen LogP contribution in [0.4, 0.5) is 0 Å². The molecule has 1 aromatic heterocycles. The van der Waals surface area contributed by atoms with E-state index in [1.807, 2.05) is 24.3 Å². The summed E-state index contributed by atoms with van der Waals surface area (Å²) in [5.41, 5.74) is 1.87. The number of benzene rings is 1. The number of carbonyl (C=O) groups is 1. The Bertz CT molecular complexity index is 667. The van der Waals surface area contributed by atoms with E-state index >= 15 is 0 Å². The van der Waals surface area contributed by atoms with E-state index in [1.54, 1.807) is 11.0 Å². The molecule has 2 heterocycles. The highest BCUT2D eigenvalue weighted by Gasteiger charge is 2.21. The van der Waals surface area contributed by atoms with Crippen molar-refractivity contribution in [3.63, 3.8) is 0 Å². The summed E-state index contributed by atoms with van der Waals surface area (Å²) in [6, 6.07) is 8.30. The summed E-state index contributed by atoms with van der Waals surface area (Å²) < 4.78 is 1.59. The van der Waals surface area contributed by atoms with Gasteiger partial charge in [-0.25, -0.2) is 4.68 Å². The lowest BCUT2D eigenvalue weighted by molar-refractivity contribution is -0.120. The first-order valence-electron chi connectivity index (χ1n) is 8.95. The standard InChI is InChI=1S/C18H26N6O/c1-14(2)23-9-3-4-16(12-23)11-19-18(25)10-15-5-7-17(8-6-15)24-13-20-21-22-24/h5-8,13-14,16H,3-4,9-12H2,1-2H3,(H,19,25)/t16-/m0/s1.